The van der Waals surface area contributed by atoms with Gasteiger partial charge in [0.15, 0.2) is 0 Å². The second-order valence-corrected chi connectivity index (χ2v) is 8.66. The molecule has 1 N–H and O–H groups in total. The Morgan fingerprint density at radius 3 is 2.09 bits per heavy atom. The normalized spacial score (nSPS) is 15.9. The molecule has 0 aliphatic carbocycles. The zero-order valence-corrected chi connectivity index (χ0v) is 15.5. The van der Waals surface area contributed by atoms with Gasteiger partial charge in [0.1, 0.15) is 5.75 Å². The standard InChI is InChI=1S/C12H9Cl6N3O/c1-22-8-4-2-7(3-5-8)9-6-10(11(13,14)15)20-21(19-9)12(16,17)18/h2-6,20H,1H3. The summed E-state index contributed by atoms with van der Waals surface area (Å²) in [4.78, 5) is 0. The van der Waals surface area contributed by atoms with Crippen molar-refractivity contribution in [2.45, 2.75) is 7.71 Å². The Morgan fingerprint density at radius 1 is 1.05 bits per heavy atom. The molecule has 1 aromatic rings. The molecule has 0 aromatic heterocycles. The number of ether oxygens (including phenoxy) is 1. The van der Waals surface area contributed by atoms with E-state index < -0.39 is 7.71 Å². The van der Waals surface area contributed by atoms with Crippen LogP contribution in [0.5, 0.6) is 5.75 Å². The van der Waals surface area contributed by atoms with Crippen LogP contribution in [0.2, 0.25) is 0 Å². The van der Waals surface area contributed by atoms with Gasteiger partial charge in [-0.3, -0.25) is 5.43 Å². The maximum atomic E-state index is 5.90. The Morgan fingerprint density at radius 2 is 1.64 bits per heavy atom. The Hall–Kier alpha value is -0.230. The fourth-order valence-corrected chi connectivity index (χ4v) is 2.14. The number of hydrogen-bond acceptors (Lipinski definition) is 4. The molecule has 0 bridgehead atoms. The third-order valence-corrected chi connectivity index (χ3v) is 3.74. The van der Waals surface area contributed by atoms with Crippen molar-refractivity contribution < 1.29 is 4.74 Å². The number of hydrogen-bond donors (Lipinski definition) is 1. The average molecular weight is 424 g/mol. The van der Waals surface area contributed by atoms with E-state index in [1.165, 1.54) is 0 Å². The second-order valence-electron chi connectivity index (χ2n) is 4.16. The van der Waals surface area contributed by atoms with Gasteiger partial charge in [0.05, 0.1) is 18.5 Å². The fraction of sp³-hybridized carbons (Fsp3) is 0.250. The predicted molar refractivity (Wildman–Crippen MR) is 93.2 cm³/mol. The number of methoxy groups -OCH3 is 1. The summed E-state index contributed by atoms with van der Waals surface area (Å²) < 4.78 is 1.50. The van der Waals surface area contributed by atoms with Gasteiger partial charge < -0.3 is 4.74 Å². The van der Waals surface area contributed by atoms with E-state index in [1.807, 2.05) is 0 Å². The van der Waals surface area contributed by atoms with Gasteiger partial charge in [0.2, 0.25) is 3.79 Å². The van der Waals surface area contributed by atoms with E-state index in [1.54, 1.807) is 37.5 Å². The van der Waals surface area contributed by atoms with E-state index in [2.05, 4.69) is 10.5 Å². The molecule has 0 saturated heterocycles. The van der Waals surface area contributed by atoms with Crippen LogP contribution in [0.3, 0.4) is 0 Å². The van der Waals surface area contributed by atoms with Gasteiger partial charge in [-0.1, -0.05) is 69.6 Å². The van der Waals surface area contributed by atoms with Gasteiger partial charge in [-0.2, -0.15) is 10.2 Å². The number of nitrogens with one attached hydrogen (secondary N) is 1. The third kappa shape index (κ3) is 4.40. The molecule has 0 amide bonds. The van der Waals surface area contributed by atoms with Crippen LogP contribution in [0.1, 0.15) is 5.56 Å². The Bertz CT molecular complexity index is 603. The molecule has 0 spiro atoms. The summed E-state index contributed by atoms with van der Waals surface area (Å²) in [5, 5.41) is 5.17. The van der Waals surface area contributed by atoms with Gasteiger partial charge in [-0.25, -0.2) is 0 Å². The smallest absolute Gasteiger partial charge is 0.301 e. The lowest BCUT2D eigenvalue weighted by molar-refractivity contribution is 0.216. The van der Waals surface area contributed by atoms with E-state index in [4.69, 9.17) is 74.3 Å². The lowest BCUT2D eigenvalue weighted by Crippen LogP contribution is -2.47. The van der Waals surface area contributed by atoms with Gasteiger partial charge >= 0.3 is 3.92 Å². The van der Waals surface area contributed by atoms with E-state index in [-0.39, 0.29) is 5.70 Å². The number of allylic oxidation sites excluding steroid dienone is 2. The first-order valence-electron chi connectivity index (χ1n) is 5.77. The monoisotopic (exact) mass is 421 g/mol. The van der Waals surface area contributed by atoms with Crippen LogP contribution >= 0.6 is 69.6 Å². The third-order valence-electron chi connectivity index (χ3n) is 2.65. The SMILES string of the molecule is COc1ccc(C2=NN(C(Cl)(Cl)Cl)NC(C(Cl)(Cl)Cl)=C2)cc1. The highest BCUT2D eigenvalue weighted by atomic mass is 35.6. The number of alkyl halides is 6. The largest absolute Gasteiger partial charge is 0.497 e. The maximum absolute atomic E-state index is 5.90. The van der Waals surface area contributed by atoms with E-state index in [9.17, 15) is 0 Å². The number of hydrazine groups is 1. The Labute approximate surface area is 157 Å². The lowest BCUT2D eigenvalue weighted by atomic mass is 10.1. The van der Waals surface area contributed by atoms with Crippen molar-refractivity contribution in [3.05, 3.63) is 41.6 Å². The van der Waals surface area contributed by atoms with Crippen molar-refractivity contribution >= 4 is 75.3 Å². The molecule has 0 fully saturated rings. The first-order valence-corrected chi connectivity index (χ1v) is 8.03. The van der Waals surface area contributed by atoms with Crippen LogP contribution in [0, 0.1) is 0 Å². The molecule has 0 atom stereocenters. The summed E-state index contributed by atoms with van der Waals surface area (Å²) in [6.45, 7) is 0. The number of benzene rings is 1. The van der Waals surface area contributed by atoms with Crippen LogP contribution in [-0.2, 0) is 0 Å². The van der Waals surface area contributed by atoms with Crippen LogP contribution in [0.25, 0.3) is 0 Å². The lowest BCUT2D eigenvalue weighted by Gasteiger charge is -2.33. The van der Waals surface area contributed by atoms with Crippen molar-refractivity contribution in [2.75, 3.05) is 7.11 Å². The van der Waals surface area contributed by atoms with E-state index in [0.29, 0.717) is 11.5 Å². The molecule has 2 rings (SSSR count). The molecule has 0 unspecified atom stereocenters. The first-order chi connectivity index (χ1) is 10.1. The van der Waals surface area contributed by atoms with Crippen molar-refractivity contribution in [2.24, 2.45) is 5.10 Å². The molecule has 22 heavy (non-hydrogen) atoms. The number of hydrazone groups is 1. The molecule has 1 heterocycles. The average Bonchev–Trinajstić information content (AvgIpc) is 2.45. The summed E-state index contributed by atoms with van der Waals surface area (Å²) in [7, 11) is 1.57. The van der Waals surface area contributed by atoms with Crippen molar-refractivity contribution in [1.29, 1.82) is 0 Å². The van der Waals surface area contributed by atoms with Gasteiger partial charge in [0, 0.05) is 5.56 Å². The fourth-order valence-electron chi connectivity index (χ4n) is 1.61. The molecular weight excluding hydrogens is 415 g/mol. The minimum atomic E-state index is -1.87. The van der Waals surface area contributed by atoms with Gasteiger partial charge in [0.25, 0.3) is 0 Å². The highest BCUT2D eigenvalue weighted by Gasteiger charge is 2.37. The number of halogens is 6. The number of rotatable bonds is 2. The van der Waals surface area contributed by atoms with Crippen LogP contribution in [-0.4, -0.2) is 25.6 Å². The molecule has 1 aliphatic rings. The predicted octanol–water partition coefficient (Wildman–Crippen LogP) is 4.80. The second kappa shape index (κ2) is 6.71. The van der Waals surface area contributed by atoms with Crippen molar-refractivity contribution in [3.8, 4) is 5.75 Å². The molecule has 1 aromatic carbocycles. The van der Waals surface area contributed by atoms with Crippen molar-refractivity contribution in [1.82, 2.24) is 10.5 Å². The molecule has 0 saturated carbocycles. The minimum Gasteiger partial charge on any atom is -0.497 e. The summed E-state index contributed by atoms with van der Waals surface area (Å²) in [6, 6.07) is 7.10. The summed E-state index contributed by atoms with van der Waals surface area (Å²) >= 11 is 35.2. The highest BCUT2D eigenvalue weighted by molar-refractivity contribution is 6.69. The zero-order valence-electron chi connectivity index (χ0n) is 11.0. The molecule has 10 heteroatoms. The summed E-state index contributed by atoms with van der Waals surface area (Å²) in [5.74, 6) is 0.696. The van der Waals surface area contributed by atoms with Crippen molar-refractivity contribution in [3.63, 3.8) is 0 Å². The molecule has 1 aliphatic heterocycles. The Balaban J connectivity index is 2.44. The van der Waals surface area contributed by atoms with E-state index in [0.717, 1.165) is 10.7 Å². The van der Waals surface area contributed by atoms with Gasteiger partial charge in [-0.15, -0.1) is 0 Å². The quantitative estimate of drug-likeness (QED) is 0.548. The Kier molecular flexibility index (Phi) is 5.53. The first kappa shape index (κ1) is 18.1. The zero-order chi connectivity index (χ0) is 16.5. The van der Waals surface area contributed by atoms with Gasteiger partial charge in [-0.05, 0) is 30.3 Å². The van der Waals surface area contributed by atoms with Crippen LogP contribution < -0.4 is 10.2 Å². The summed E-state index contributed by atoms with van der Waals surface area (Å²) in [5.41, 5.74) is 4.03. The molecule has 4 nitrogen and oxygen atoms in total. The van der Waals surface area contributed by atoms with E-state index >= 15 is 0 Å². The molecule has 120 valence electrons. The van der Waals surface area contributed by atoms with Crippen LogP contribution in [0.15, 0.2) is 41.1 Å². The minimum absolute atomic E-state index is 0.199. The topological polar surface area (TPSA) is 36.9 Å². The highest BCUT2D eigenvalue weighted by Crippen LogP contribution is 2.38. The maximum Gasteiger partial charge on any atom is 0.301 e. The van der Waals surface area contributed by atoms with Crippen LogP contribution in [0.4, 0.5) is 0 Å². The molecule has 0 radical (unpaired) electrons. The number of nitrogens with zero attached hydrogens (tertiary/aromatic N) is 2. The molecular formula is C12H9Cl6N3O. The summed E-state index contributed by atoms with van der Waals surface area (Å²) in [6.07, 6.45) is 1.56.